The number of hydrogen-bond acceptors (Lipinski definition) is 10. The average Bonchev–Trinajstić information content (AvgIpc) is 3.24. The molecule has 1 saturated heterocycles. The molecule has 1 amide bonds. The van der Waals surface area contributed by atoms with Crippen molar-refractivity contribution in [3.8, 4) is 11.5 Å². The summed E-state index contributed by atoms with van der Waals surface area (Å²) in [6.45, 7) is 2.97. The zero-order chi connectivity index (χ0) is 24.0. The van der Waals surface area contributed by atoms with Crippen molar-refractivity contribution < 1.29 is 37.0 Å². The van der Waals surface area contributed by atoms with Crippen LogP contribution in [0.3, 0.4) is 0 Å². The Morgan fingerprint density at radius 2 is 1.94 bits per heavy atom. The molecular weight excluding hydrogens is 474 g/mol. The number of thiazole rings is 1. The molecular formula is C20H25N3O8S2. The molecule has 1 N–H and O–H groups in total. The molecule has 1 aromatic heterocycles. The fourth-order valence-electron chi connectivity index (χ4n) is 3.16. The van der Waals surface area contributed by atoms with Crippen molar-refractivity contribution in [2.24, 2.45) is 0 Å². The number of nitrogens with zero attached hydrogens (tertiary/aromatic N) is 2. The summed E-state index contributed by atoms with van der Waals surface area (Å²) in [7, 11) is -1.18. The van der Waals surface area contributed by atoms with E-state index in [0.717, 1.165) is 11.3 Å². The number of carbonyl (C=O) groups excluding carboxylic acids is 2. The zero-order valence-corrected chi connectivity index (χ0v) is 20.1. The molecule has 1 aliphatic heterocycles. The Morgan fingerprint density at radius 3 is 2.58 bits per heavy atom. The molecule has 0 atom stereocenters. The Balaban J connectivity index is 1.89. The van der Waals surface area contributed by atoms with Gasteiger partial charge < -0.3 is 18.9 Å². The van der Waals surface area contributed by atoms with Gasteiger partial charge in [0.1, 0.15) is 0 Å². The van der Waals surface area contributed by atoms with E-state index in [-0.39, 0.29) is 66.4 Å². The molecule has 180 valence electrons. The Morgan fingerprint density at radius 1 is 1.21 bits per heavy atom. The maximum atomic E-state index is 13.1. The van der Waals surface area contributed by atoms with Crippen LogP contribution in [-0.2, 0) is 30.7 Å². The lowest BCUT2D eigenvalue weighted by atomic mass is 10.1. The second kappa shape index (κ2) is 10.9. The zero-order valence-electron chi connectivity index (χ0n) is 18.5. The van der Waals surface area contributed by atoms with Crippen molar-refractivity contribution in [3.05, 3.63) is 28.8 Å². The monoisotopic (exact) mass is 499 g/mol. The molecule has 0 saturated carbocycles. The van der Waals surface area contributed by atoms with E-state index in [1.165, 1.54) is 30.7 Å². The van der Waals surface area contributed by atoms with Gasteiger partial charge in [-0.05, 0) is 13.0 Å². The molecule has 0 spiro atoms. The summed E-state index contributed by atoms with van der Waals surface area (Å²) in [5.74, 6) is -0.882. The number of rotatable bonds is 9. The van der Waals surface area contributed by atoms with Gasteiger partial charge in [0.2, 0.25) is 10.0 Å². The summed E-state index contributed by atoms with van der Waals surface area (Å²) < 4.78 is 48.3. The van der Waals surface area contributed by atoms with Gasteiger partial charge in [0.05, 0.1) is 56.6 Å². The first-order valence-electron chi connectivity index (χ1n) is 10.1. The van der Waals surface area contributed by atoms with E-state index in [1.54, 1.807) is 12.3 Å². The maximum Gasteiger partial charge on any atom is 0.311 e. The highest BCUT2D eigenvalue weighted by Gasteiger charge is 2.30. The van der Waals surface area contributed by atoms with Crippen LogP contribution in [0.2, 0.25) is 0 Å². The van der Waals surface area contributed by atoms with Crippen molar-refractivity contribution in [2.45, 2.75) is 18.2 Å². The van der Waals surface area contributed by atoms with Crippen LogP contribution in [-0.4, -0.2) is 76.7 Å². The van der Waals surface area contributed by atoms with E-state index in [9.17, 15) is 18.0 Å². The molecule has 2 heterocycles. The quantitative estimate of drug-likeness (QED) is 0.510. The fourth-order valence-corrected chi connectivity index (χ4v) is 5.32. The van der Waals surface area contributed by atoms with Crippen LogP contribution in [0.5, 0.6) is 11.5 Å². The van der Waals surface area contributed by atoms with E-state index in [0.29, 0.717) is 5.69 Å². The molecule has 0 unspecified atom stereocenters. The van der Waals surface area contributed by atoms with E-state index >= 15 is 0 Å². The number of methoxy groups -OCH3 is 2. The summed E-state index contributed by atoms with van der Waals surface area (Å²) in [6, 6.07) is 2.57. The van der Waals surface area contributed by atoms with Crippen LogP contribution in [0.4, 0.5) is 5.13 Å². The molecule has 13 heteroatoms. The predicted octanol–water partition coefficient (Wildman–Crippen LogP) is 1.54. The Bertz CT molecular complexity index is 1110. The topological polar surface area (TPSA) is 133 Å². The fraction of sp³-hybridized carbons (Fsp3) is 0.450. The van der Waals surface area contributed by atoms with E-state index < -0.39 is 21.9 Å². The third kappa shape index (κ3) is 5.79. The Hall–Kier alpha value is -2.74. The number of anilines is 1. The summed E-state index contributed by atoms with van der Waals surface area (Å²) in [5.41, 5.74) is 0.410. The minimum atomic E-state index is -3.89. The number of esters is 1. The third-order valence-electron chi connectivity index (χ3n) is 4.71. The maximum absolute atomic E-state index is 13.1. The highest BCUT2D eigenvalue weighted by atomic mass is 32.2. The molecule has 2 aromatic rings. The Labute approximate surface area is 195 Å². The van der Waals surface area contributed by atoms with Crippen molar-refractivity contribution >= 4 is 38.4 Å². The van der Waals surface area contributed by atoms with E-state index in [2.05, 4.69) is 10.3 Å². The van der Waals surface area contributed by atoms with Crippen LogP contribution < -0.4 is 14.8 Å². The molecule has 33 heavy (non-hydrogen) atoms. The molecule has 0 bridgehead atoms. The second-order valence-corrected chi connectivity index (χ2v) is 9.60. The SMILES string of the molecule is CCOC(=O)Cc1csc(NC(=O)c2cc(S(=O)(=O)N3CCOCC3)cc(OC)c2OC)n1. The van der Waals surface area contributed by atoms with Crippen molar-refractivity contribution in [3.63, 3.8) is 0 Å². The number of hydrogen-bond donors (Lipinski definition) is 1. The first kappa shape index (κ1) is 24.9. The van der Waals surface area contributed by atoms with Crippen LogP contribution in [0, 0.1) is 0 Å². The minimum absolute atomic E-state index is 0.0232. The van der Waals surface area contributed by atoms with Gasteiger partial charge in [-0.25, -0.2) is 13.4 Å². The van der Waals surface area contributed by atoms with Gasteiger partial charge in [0, 0.05) is 24.5 Å². The van der Waals surface area contributed by atoms with Crippen LogP contribution in [0.1, 0.15) is 23.0 Å². The average molecular weight is 500 g/mol. The normalized spacial score (nSPS) is 14.5. The molecule has 11 nitrogen and oxygen atoms in total. The first-order valence-corrected chi connectivity index (χ1v) is 12.4. The minimum Gasteiger partial charge on any atom is -0.493 e. The van der Waals surface area contributed by atoms with Gasteiger partial charge in [0.25, 0.3) is 5.91 Å². The lowest BCUT2D eigenvalue weighted by Crippen LogP contribution is -2.40. The number of aromatic nitrogens is 1. The first-order chi connectivity index (χ1) is 15.8. The molecule has 0 aliphatic carbocycles. The van der Waals surface area contributed by atoms with Gasteiger partial charge >= 0.3 is 5.97 Å². The van der Waals surface area contributed by atoms with Crippen molar-refractivity contribution in [1.29, 1.82) is 0 Å². The summed E-state index contributed by atoms with van der Waals surface area (Å²) in [4.78, 5) is 28.8. The molecule has 3 rings (SSSR count). The smallest absolute Gasteiger partial charge is 0.311 e. The van der Waals surface area contributed by atoms with Gasteiger partial charge in [-0.3, -0.25) is 14.9 Å². The van der Waals surface area contributed by atoms with Crippen LogP contribution >= 0.6 is 11.3 Å². The molecule has 1 aromatic carbocycles. The van der Waals surface area contributed by atoms with Crippen molar-refractivity contribution in [2.75, 3.05) is 52.4 Å². The molecule has 0 radical (unpaired) electrons. The number of nitrogens with one attached hydrogen (secondary N) is 1. The number of morpholine rings is 1. The predicted molar refractivity (Wildman–Crippen MR) is 120 cm³/mol. The van der Waals surface area contributed by atoms with Crippen molar-refractivity contribution in [1.82, 2.24) is 9.29 Å². The van der Waals surface area contributed by atoms with Gasteiger partial charge in [-0.2, -0.15) is 4.31 Å². The summed E-state index contributed by atoms with van der Waals surface area (Å²) in [6.07, 6.45) is -0.0232. The largest absolute Gasteiger partial charge is 0.493 e. The standard InChI is InChI=1S/C20H25N3O8S2/c1-4-31-17(24)9-13-12-32-20(21-13)22-19(25)15-10-14(11-16(28-2)18(15)29-3)33(26,27)23-5-7-30-8-6-23/h10-12H,4-9H2,1-3H3,(H,21,22,25). The number of amides is 1. The Kier molecular flexibility index (Phi) is 8.24. The van der Waals surface area contributed by atoms with E-state index in [4.69, 9.17) is 18.9 Å². The summed E-state index contributed by atoms with van der Waals surface area (Å²) in [5, 5.41) is 4.49. The van der Waals surface area contributed by atoms with Gasteiger partial charge in [-0.1, -0.05) is 0 Å². The lowest BCUT2D eigenvalue weighted by molar-refractivity contribution is -0.142. The van der Waals surface area contributed by atoms with Crippen LogP contribution in [0.25, 0.3) is 0 Å². The third-order valence-corrected chi connectivity index (χ3v) is 7.39. The number of carbonyl (C=O) groups is 2. The number of benzene rings is 1. The molecule has 1 fully saturated rings. The number of ether oxygens (including phenoxy) is 4. The second-order valence-electron chi connectivity index (χ2n) is 6.80. The summed E-state index contributed by atoms with van der Waals surface area (Å²) >= 11 is 1.13. The lowest BCUT2D eigenvalue weighted by Gasteiger charge is -2.26. The molecule has 1 aliphatic rings. The van der Waals surface area contributed by atoms with E-state index in [1.807, 2.05) is 0 Å². The highest BCUT2D eigenvalue weighted by Crippen LogP contribution is 2.36. The number of sulfonamides is 1. The van der Waals surface area contributed by atoms with Crippen LogP contribution in [0.15, 0.2) is 22.4 Å². The van der Waals surface area contributed by atoms with Gasteiger partial charge in [-0.15, -0.1) is 11.3 Å². The van der Waals surface area contributed by atoms with Gasteiger partial charge in [0.15, 0.2) is 16.6 Å². The highest BCUT2D eigenvalue weighted by molar-refractivity contribution is 7.89.